The molecule has 1 aromatic heterocycles. The van der Waals surface area contributed by atoms with Gasteiger partial charge in [-0.05, 0) is 58.0 Å². The van der Waals surface area contributed by atoms with Crippen molar-refractivity contribution in [2.75, 3.05) is 31.5 Å². The lowest BCUT2D eigenvalue weighted by molar-refractivity contribution is 0.0387. The van der Waals surface area contributed by atoms with E-state index in [-0.39, 0.29) is 63.9 Å². The van der Waals surface area contributed by atoms with Gasteiger partial charge in [-0.25, -0.2) is 16.8 Å². The number of carbonyl (C=O) groups excluding carboxylic acids is 1. The van der Waals surface area contributed by atoms with Crippen LogP contribution >= 0.6 is 0 Å². The molecule has 0 spiro atoms. The average molecular weight is 621 g/mol. The first-order valence-electron chi connectivity index (χ1n) is 13.4. The van der Waals surface area contributed by atoms with Crippen LogP contribution in [0.5, 0.6) is 5.75 Å². The number of aliphatic hydroxyl groups is 1. The molecule has 4 rings (SSSR count). The smallest absolute Gasteiger partial charge is 0.261 e. The van der Waals surface area contributed by atoms with Crippen LogP contribution in [0.15, 0.2) is 56.8 Å². The van der Waals surface area contributed by atoms with E-state index in [0.717, 1.165) is 9.87 Å². The fraction of sp³-hybridized carbons (Fsp3) is 0.429. The Balaban J connectivity index is 1.69. The quantitative estimate of drug-likeness (QED) is 0.367. The van der Waals surface area contributed by atoms with Crippen molar-refractivity contribution < 1.29 is 36.0 Å². The summed E-state index contributed by atoms with van der Waals surface area (Å²) in [5, 5.41) is 13.7. The number of rotatable bonds is 9. The number of anilines is 1. The Morgan fingerprint density at radius 1 is 1.12 bits per heavy atom. The number of benzene rings is 2. The molecule has 3 atom stereocenters. The SMILES string of the molecule is Cc1ccc(S(=O)(=O)Nc2ccc3c(c2)C(=O)N([C@@H](C)CO)C[C@@H](C)[C@@H](CN(C)S(=O)(=O)c2c(C)noc2C)O3)cc1. The molecule has 2 aromatic carbocycles. The third-order valence-electron chi connectivity index (χ3n) is 7.32. The Hall–Kier alpha value is -3.46. The summed E-state index contributed by atoms with van der Waals surface area (Å²) in [6, 6.07) is 10.1. The molecule has 3 aromatic rings. The zero-order valence-corrected chi connectivity index (χ0v) is 26.0. The maximum Gasteiger partial charge on any atom is 0.261 e. The number of nitrogens with zero attached hydrogens (tertiary/aromatic N) is 3. The van der Waals surface area contributed by atoms with E-state index < -0.39 is 38.1 Å². The second-order valence-electron chi connectivity index (χ2n) is 10.7. The molecule has 1 amide bonds. The van der Waals surface area contributed by atoms with Gasteiger partial charge in [0.05, 0.1) is 29.7 Å². The highest BCUT2D eigenvalue weighted by atomic mass is 32.2. The standard InChI is InChI=1S/C28H36N4O8S2/c1-17-7-10-23(11-8-17)41(35,36)30-22-9-12-25-24(13-22)28(34)32(19(3)16-33)14-18(2)26(39-25)15-31(6)42(37,38)27-20(4)29-40-21(27)5/h7-13,18-19,26,30,33H,14-16H2,1-6H3/t18-,19+,26-/m1/s1. The van der Waals surface area contributed by atoms with Crippen molar-refractivity contribution in [3.8, 4) is 5.75 Å². The molecule has 14 heteroatoms. The van der Waals surface area contributed by atoms with Crippen molar-refractivity contribution >= 4 is 31.6 Å². The van der Waals surface area contributed by atoms with E-state index in [2.05, 4.69) is 9.88 Å². The first-order chi connectivity index (χ1) is 19.6. The summed E-state index contributed by atoms with van der Waals surface area (Å²) in [5.74, 6) is -0.471. The molecule has 0 unspecified atom stereocenters. The van der Waals surface area contributed by atoms with Crippen molar-refractivity contribution in [2.45, 2.75) is 56.6 Å². The van der Waals surface area contributed by atoms with Crippen molar-refractivity contribution in [1.29, 1.82) is 0 Å². The van der Waals surface area contributed by atoms with Gasteiger partial charge in [-0.2, -0.15) is 4.31 Å². The van der Waals surface area contributed by atoms with Gasteiger partial charge in [-0.1, -0.05) is 29.8 Å². The number of aromatic nitrogens is 1. The van der Waals surface area contributed by atoms with Crippen molar-refractivity contribution in [3.63, 3.8) is 0 Å². The number of amides is 1. The predicted octanol–water partition coefficient (Wildman–Crippen LogP) is 2.94. The van der Waals surface area contributed by atoms with Gasteiger partial charge in [0.1, 0.15) is 22.4 Å². The number of hydrogen-bond acceptors (Lipinski definition) is 9. The maximum absolute atomic E-state index is 13.7. The first kappa shape index (κ1) is 31.5. The van der Waals surface area contributed by atoms with Gasteiger partial charge in [-0.3, -0.25) is 9.52 Å². The minimum Gasteiger partial charge on any atom is -0.488 e. The third kappa shape index (κ3) is 6.31. The van der Waals surface area contributed by atoms with Crippen LogP contribution in [0.1, 0.15) is 41.2 Å². The Morgan fingerprint density at radius 2 is 1.79 bits per heavy atom. The Kier molecular flexibility index (Phi) is 9.02. The molecule has 0 aliphatic carbocycles. The summed E-state index contributed by atoms with van der Waals surface area (Å²) in [7, 11) is -6.50. The van der Waals surface area contributed by atoms with Gasteiger partial charge >= 0.3 is 0 Å². The summed E-state index contributed by atoms with van der Waals surface area (Å²) in [5.41, 5.74) is 1.37. The largest absolute Gasteiger partial charge is 0.488 e. The van der Waals surface area contributed by atoms with Gasteiger partial charge in [0.2, 0.25) is 10.0 Å². The summed E-state index contributed by atoms with van der Waals surface area (Å²) in [6.07, 6.45) is -0.708. The minimum absolute atomic E-state index is 0.0138. The number of aryl methyl sites for hydroxylation is 3. The lowest BCUT2D eigenvalue weighted by atomic mass is 9.99. The molecule has 0 radical (unpaired) electrons. The highest BCUT2D eigenvalue weighted by molar-refractivity contribution is 7.92. The van der Waals surface area contributed by atoms with Gasteiger partial charge in [0.25, 0.3) is 15.9 Å². The van der Waals surface area contributed by atoms with Crippen molar-refractivity contribution in [1.82, 2.24) is 14.4 Å². The van der Waals surface area contributed by atoms with E-state index in [1.807, 2.05) is 13.8 Å². The molecular formula is C28H36N4O8S2. The predicted molar refractivity (Wildman–Crippen MR) is 155 cm³/mol. The van der Waals surface area contributed by atoms with Gasteiger partial charge < -0.3 is 19.3 Å². The molecule has 228 valence electrons. The summed E-state index contributed by atoms with van der Waals surface area (Å²) in [6.45, 7) is 8.23. The molecule has 42 heavy (non-hydrogen) atoms. The Labute approximate surface area is 246 Å². The molecule has 2 N–H and O–H groups in total. The first-order valence-corrected chi connectivity index (χ1v) is 16.3. The number of fused-ring (bicyclic) bond motifs is 1. The summed E-state index contributed by atoms with van der Waals surface area (Å²) in [4.78, 5) is 15.2. The van der Waals surface area contributed by atoms with Crippen LogP contribution in [0.3, 0.4) is 0 Å². The molecule has 2 heterocycles. The van der Waals surface area contributed by atoms with Gasteiger partial charge in [0.15, 0.2) is 5.76 Å². The average Bonchev–Trinajstić information content (AvgIpc) is 3.28. The number of ether oxygens (including phenoxy) is 1. The van der Waals surface area contributed by atoms with Crippen molar-refractivity contribution in [3.05, 3.63) is 65.0 Å². The van der Waals surface area contributed by atoms with E-state index >= 15 is 0 Å². The van der Waals surface area contributed by atoms with E-state index in [1.165, 1.54) is 49.2 Å². The third-order valence-corrected chi connectivity index (χ3v) is 10.8. The molecule has 0 bridgehead atoms. The maximum atomic E-state index is 13.7. The molecule has 0 fully saturated rings. The zero-order chi connectivity index (χ0) is 31.0. The van der Waals surface area contributed by atoms with Crippen molar-refractivity contribution in [2.24, 2.45) is 5.92 Å². The van der Waals surface area contributed by atoms with Crippen LogP contribution in [0.25, 0.3) is 0 Å². The molecule has 1 aliphatic rings. The van der Waals surface area contributed by atoms with Crippen LogP contribution in [0, 0.1) is 26.7 Å². The lowest BCUT2D eigenvalue weighted by Crippen LogP contribution is -2.50. The van der Waals surface area contributed by atoms with Crippen LogP contribution in [-0.4, -0.2) is 81.1 Å². The Morgan fingerprint density at radius 3 is 2.38 bits per heavy atom. The molecular weight excluding hydrogens is 584 g/mol. The van der Waals surface area contributed by atoms with Crippen LogP contribution < -0.4 is 9.46 Å². The number of nitrogens with one attached hydrogen (secondary N) is 1. The highest BCUT2D eigenvalue weighted by Gasteiger charge is 2.37. The molecule has 1 aliphatic heterocycles. The highest BCUT2D eigenvalue weighted by Crippen LogP contribution is 2.32. The lowest BCUT2D eigenvalue weighted by Gasteiger charge is -2.38. The van der Waals surface area contributed by atoms with Crippen LogP contribution in [0.2, 0.25) is 0 Å². The number of carbonyl (C=O) groups is 1. The topological polar surface area (TPSA) is 159 Å². The van der Waals surface area contributed by atoms with Gasteiger partial charge in [0, 0.05) is 25.2 Å². The van der Waals surface area contributed by atoms with E-state index in [9.17, 15) is 26.7 Å². The minimum atomic E-state index is -3.98. The summed E-state index contributed by atoms with van der Waals surface area (Å²) < 4.78 is 67.9. The number of sulfonamides is 2. The fourth-order valence-corrected chi connectivity index (χ4v) is 7.30. The number of aliphatic hydroxyl groups excluding tert-OH is 1. The number of likely N-dealkylation sites (N-methyl/N-ethyl adjacent to an activating group) is 1. The Bertz CT molecular complexity index is 1650. The fourth-order valence-electron chi connectivity index (χ4n) is 4.79. The van der Waals surface area contributed by atoms with Gasteiger partial charge in [-0.15, -0.1) is 0 Å². The van der Waals surface area contributed by atoms with E-state index in [4.69, 9.17) is 9.26 Å². The normalized spacial score (nSPS) is 18.7. The van der Waals surface area contributed by atoms with E-state index in [1.54, 1.807) is 26.0 Å². The zero-order valence-electron chi connectivity index (χ0n) is 24.4. The molecule has 0 saturated carbocycles. The summed E-state index contributed by atoms with van der Waals surface area (Å²) >= 11 is 0. The monoisotopic (exact) mass is 620 g/mol. The molecule has 12 nitrogen and oxygen atoms in total. The van der Waals surface area contributed by atoms with Crippen LogP contribution in [-0.2, 0) is 20.0 Å². The molecule has 0 saturated heterocycles. The van der Waals surface area contributed by atoms with Crippen LogP contribution in [0.4, 0.5) is 5.69 Å². The van der Waals surface area contributed by atoms with E-state index in [0.29, 0.717) is 0 Å². The second-order valence-corrected chi connectivity index (χ2v) is 14.4. The second kappa shape index (κ2) is 12.0. The number of hydrogen-bond donors (Lipinski definition) is 2.